The van der Waals surface area contributed by atoms with Crippen LogP contribution in [0.5, 0.6) is 11.6 Å². The third kappa shape index (κ3) is 3.18. The minimum Gasteiger partial charge on any atom is -0.438 e. The Morgan fingerprint density at radius 2 is 1.90 bits per heavy atom. The normalized spacial score (nSPS) is 13.6. The minimum absolute atomic E-state index is 0.310. The summed E-state index contributed by atoms with van der Waals surface area (Å²) in [5.41, 5.74) is 7.96. The molecule has 21 heavy (non-hydrogen) atoms. The molecule has 2 aromatic rings. The first-order chi connectivity index (χ1) is 10.1. The van der Waals surface area contributed by atoms with Crippen LogP contribution >= 0.6 is 22.6 Å². The summed E-state index contributed by atoms with van der Waals surface area (Å²) < 4.78 is 6.90. The SMILES string of the molecule is NC(=O)c1cc2c(nc1Oc1ccc(I)cc1)CCCC2. The summed E-state index contributed by atoms with van der Waals surface area (Å²) in [5.74, 6) is 0.460. The first kappa shape index (κ1) is 14.3. The largest absolute Gasteiger partial charge is 0.438 e. The lowest BCUT2D eigenvalue weighted by Gasteiger charge is -2.17. The molecule has 1 aliphatic carbocycles. The molecule has 0 aliphatic heterocycles. The van der Waals surface area contributed by atoms with Crippen LogP contribution in [0.4, 0.5) is 0 Å². The number of ether oxygens (including phenoxy) is 1. The van der Waals surface area contributed by atoms with Crippen molar-refractivity contribution in [1.29, 1.82) is 0 Å². The highest BCUT2D eigenvalue weighted by Gasteiger charge is 2.19. The van der Waals surface area contributed by atoms with Gasteiger partial charge < -0.3 is 10.5 Å². The van der Waals surface area contributed by atoms with Gasteiger partial charge in [-0.2, -0.15) is 0 Å². The van der Waals surface area contributed by atoms with Crippen molar-refractivity contribution in [3.63, 3.8) is 0 Å². The zero-order chi connectivity index (χ0) is 14.8. The highest BCUT2D eigenvalue weighted by atomic mass is 127. The Morgan fingerprint density at radius 3 is 2.62 bits per heavy atom. The molecule has 0 radical (unpaired) electrons. The van der Waals surface area contributed by atoms with E-state index in [1.54, 1.807) is 0 Å². The van der Waals surface area contributed by atoms with Crippen LogP contribution in [-0.2, 0) is 12.8 Å². The zero-order valence-electron chi connectivity index (χ0n) is 11.4. The van der Waals surface area contributed by atoms with Gasteiger partial charge in [0.2, 0.25) is 5.88 Å². The standard InChI is InChI=1S/C16H15IN2O2/c17-11-5-7-12(8-6-11)21-16-13(15(18)20)9-10-3-1-2-4-14(10)19-16/h5-9H,1-4H2,(H2,18,20). The van der Waals surface area contributed by atoms with E-state index in [9.17, 15) is 4.79 Å². The van der Waals surface area contributed by atoms with Crippen LogP contribution in [0.25, 0.3) is 0 Å². The van der Waals surface area contributed by atoms with E-state index in [0.717, 1.165) is 40.5 Å². The molecule has 108 valence electrons. The van der Waals surface area contributed by atoms with Gasteiger partial charge >= 0.3 is 0 Å². The molecule has 0 saturated carbocycles. The number of hydrogen-bond acceptors (Lipinski definition) is 3. The van der Waals surface area contributed by atoms with E-state index >= 15 is 0 Å². The van der Waals surface area contributed by atoms with Crippen LogP contribution in [0.3, 0.4) is 0 Å². The Bertz CT molecular complexity index is 683. The highest BCUT2D eigenvalue weighted by Crippen LogP contribution is 2.29. The molecule has 1 amide bonds. The topological polar surface area (TPSA) is 65.2 Å². The predicted octanol–water partition coefficient (Wildman–Crippen LogP) is 3.46. The van der Waals surface area contributed by atoms with Gasteiger partial charge in [-0.05, 0) is 84.2 Å². The van der Waals surface area contributed by atoms with Crippen molar-refractivity contribution in [2.45, 2.75) is 25.7 Å². The van der Waals surface area contributed by atoms with Gasteiger partial charge in [-0.25, -0.2) is 4.98 Å². The molecule has 0 spiro atoms. The number of aromatic nitrogens is 1. The number of aryl methyl sites for hydroxylation is 2. The maximum absolute atomic E-state index is 11.7. The van der Waals surface area contributed by atoms with Gasteiger partial charge in [0.15, 0.2) is 0 Å². The van der Waals surface area contributed by atoms with Crippen LogP contribution in [0.2, 0.25) is 0 Å². The quantitative estimate of drug-likeness (QED) is 0.812. The molecule has 0 bridgehead atoms. The summed E-state index contributed by atoms with van der Waals surface area (Å²) in [6.45, 7) is 0. The van der Waals surface area contributed by atoms with Gasteiger partial charge in [-0.1, -0.05) is 0 Å². The molecule has 3 rings (SSSR count). The number of amides is 1. The maximum atomic E-state index is 11.7. The summed E-state index contributed by atoms with van der Waals surface area (Å²) in [5, 5.41) is 0. The molecule has 5 heteroatoms. The number of nitrogens with two attached hydrogens (primary N) is 1. The second-order valence-electron chi connectivity index (χ2n) is 5.07. The summed E-state index contributed by atoms with van der Waals surface area (Å²) in [4.78, 5) is 16.2. The summed E-state index contributed by atoms with van der Waals surface area (Å²) in [7, 11) is 0. The van der Waals surface area contributed by atoms with Crippen molar-refractivity contribution < 1.29 is 9.53 Å². The average Bonchev–Trinajstić information content (AvgIpc) is 2.48. The first-order valence-corrected chi connectivity index (χ1v) is 7.97. The van der Waals surface area contributed by atoms with E-state index in [1.807, 2.05) is 30.3 Å². The number of primary amides is 1. The second kappa shape index (κ2) is 6.01. The molecule has 0 atom stereocenters. The number of nitrogens with zero attached hydrogens (tertiary/aromatic N) is 1. The van der Waals surface area contributed by atoms with Crippen molar-refractivity contribution in [3.8, 4) is 11.6 Å². The van der Waals surface area contributed by atoms with Gasteiger partial charge in [-0.3, -0.25) is 4.79 Å². The molecule has 1 aromatic heterocycles. The molecular formula is C16H15IN2O2. The van der Waals surface area contributed by atoms with Crippen molar-refractivity contribution in [1.82, 2.24) is 4.98 Å². The highest BCUT2D eigenvalue weighted by molar-refractivity contribution is 14.1. The minimum atomic E-state index is -0.503. The van der Waals surface area contributed by atoms with E-state index in [1.165, 1.54) is 0 Å². The fourth-order valence-electron chi connectivity index (χ4n) is 2.48. The van der Waals surface area contributed by atoms with Gasteiger partial charge in [0.05, 0.1) is 0 Å². The number of carbonyl (C=O) groups is 1. The lowest BCUT2D eigenvalue weighted by Crippen LogP contribution is -2.16. The number of benzene rings is 1. The van der Waals surface area contributed by atoms with Crippen molar-refractivity contribution >= 4 is 28.5 Å². The number of hydrogen-bond donors (Lipinski definition) is 1. The molecule has 2 N–H and O–H groups in total. The van der Waals surface area contributed by atoms with Crippen LogP contribution in [0.15, 0.2) is 30.3 Å². The number of carbonyl (C=O) groups excluding carboxylic acids is 1. The van der Waals surface area contributed by atoms with Crippen LogP contribution < -0.4 is 10.5 Å². The molecular weight excluding hydrogens is 379 g/mol. The van der Waals surface area contributed by atoms with Gasteiger partial charge in [0.1, 0.15) is 11.3 Å². The Balaban J connectivity index is 1.99. The molecule has 1 aromatic carbocycles. The van der Waals surface area contributed by atoms with Crippen molar-refractivity contribution in [2.75, 3.05) is 0 Å². The lowest BCUT2D eigenvalue weighted by molar-refractivity contribution is 0.0997. The average molecular weight is 394 g/mol. The molecule has 1 aliphatic rings. The monoisotopic (exact) mass is 394 g/mol. The van der Waals surface area contributed by atoms with E-state index < -0.39 is 5.91 Å². The van der Waals surface area contributed by atoms with Gasteiger partial charge in [0, 0.05) is 9.26 Å². The summed E-state index contributed by atoms with van der Waals surface area (Å²) >= 11 is 2.23. The summed E-state index contributed by atoms with van der Waals surface area (Å²) in [6.07, 6.45) is 4.13. The van der Waals surface area contributed by atoms with Crippen LogP contribution in [0, 0.1) is 3.57 Å². The fourth-order valence-corrected chi connectivity index (χ4v) is 2.84. The Morgan fingerprint density at radius 1 is 1.19 bits per heavy atom. The Hall–Kier alpha value is -1.63. The molecule has 0 unspecified atom stereocenters. The van der Waals surface area contributed by atoms with Crippen molar-refractivity contribution in [2.24, 2.45) is 5.73 Å². The predicted molar refractivity (Wildman–Crippen MR) is 88.6 cm³/mol. The zero-order valence-corrected chi connectivity index (χ0v) is 13.6. The maximum Gasteiger partial charge on any atom is 0.254 e. The fraction of sp³-hybridized carbons (Fsp3) is 0.250. The first-order valence-electron chi connectivity index (χ1n) is 6.89. The lowest BCUT2D eigenvalue weighted by atomic mass is 9.95. The smallest absolute Gasteiger partial charge is 0.254 e. The third-order valence-electron chi connectivity index (χ3n) is 3.56. The van der Waals surface area contributed by atoms with E-state index in [-0.39, 0.29) is 0 Å². The van der Waals surface area contributed by atoms with E-state index in [0.29, 0.717) is 17.2 Å². The molecule has 0 fully saturated rings. The van der Waals surface area contributed by atoms with Crippen LogP contribution in [-0.4, -0.2) is 10.9 Å². The molecule has 1 heterocycles. The van der Waals surface area contributed by atoms with E-state index in [2.05, 4.69) is 27.6 Å². The number of fused-ring (bicyclic) bond motifs is 1. The number of rotatable bonds is 3. The second-order valence-corrected chi connectivity index (χ2v) is 6.32. The molecule has 4 nitrogen and oxygen atoms in total. The number of pyridine rings is 1. The molecule has 0 saturated heterocycles. The van der Waals surface area contributed by atoms with E-state index in [4.69, 9.17) is 10.5 Å². The van der Waals surface area contributed by atoms with Crippen LogP contribution in [0.1, 0.15) is 34.5 Å². The van der Waals surface area contributed by atoms with Gasteiger partial charge in [0.25, 0.3) is 5.91 Å². The Labute approximate surface area is 136 Å². The van der Waals surface area contributed by atoms with Crippen molar-refractivity contribution in [3.05, 3.63) is 50.7 Å². The third-order valence-corrected chi connectivity index (χ3v) is 4.28. The number of halogens is 1. The van der Waals surface area contributed by atoms with Gasteiger partial charge in [-0.15, -0.1) is 0 Å². The summed E-state index contributed by atoms with van der Waals surface area (Å²) in [6, 6.07) is 9.43. The Kier molecular flexibility index (Phi) is 4.10.